The van der Waals surface area contributed by atoms with Gasteiger partial charge in [-0.05, 0) is 29.8 Å². The van der Waals surface area contributed by atoms with Crippen LogP contribution in [0.1, 0.15) is 11.1 Å². The zero-order chi connectivity index (χ0) is 13.0. The van der Waals surface area contributed by atoms with Crippen molar-refractivity contribution in [1.29, 1.82) is 5.26 Å². The predicted octanol–water partition coefficient (Wildman–Crippen LogP) is 5.16. The second kappa shape index (κ2) is 6.15. The first-order valence-electron chi connectivity index (χ1n) is 5.27. The average Bonchev–Trinajstić information content (AvgIpc) is 2.38. The van der Waals surface area contributed by atoms with Gasteiger partial charge in [0.2, 0.25) is 0 Å². The summed E-state index contributed by atoms with van der Waals surface area (Å²) in [7, 11) is 0. The molecule has 90 valence electrons. The molecule has 0 bridgehead atoms. The Morgan fingerprint density at radius 1 is 1.00 bits per heavy atom. The Hall–Kier alpha value is -1.14. The summed E-state index contributed by atoms with van der Waals surface area (Å²) in [5.74, 6) is 0.650. The first-order valence-corrected chi connectivity index (χ1v) is 7.01. The molecule has 1 nitrogen and oxygen atoms in total. The maximum atomic E-state index is 9.01. The normalized spacial score (nSPS) is 10.1. The SMILES string of the molecule is N#Cc1ccccc1SCc1c(Cl)cccc1Cl. The van der Waals surface area contributed by atoms with Crippen molar-refractivity contribution in [3.05, 3.63) is 63.6 Å². The summed E-state index contributed by atoms with van der Waals surface area (Å²) in [5.41, 5.74) is 1.57. The van der Waals surface area contributed by atoms with E-state index < -0.39 is 0 Å². The van der Waals surface area contributed by atoms with Crippen LogP contribution in [-0.4, -0.2) is 0 Å². The molecule has 0 aliphatic heterocycles. The van der Waals surface area contributed by atoms with Crippen LogP contribution in [0.15, 0.2) is 47.4 Å². The van der Waals surface area contributed by atoms with Crippen molar-refractivity contribution in [2.45, 2.75) is 10.6 Å². The van der Waals surface area contributed by atoms with Crippen LogP contribution in [0, 0.1) is 11.3 Å². The number of halogens is 2. The molecule has 2 aromatic rings. The van der Waals surface area contributed by atoms with Gasteiger partial charge in [0.05, 0.1) is 5.56 Å². The molecule has 0 radical (unpaired) electrons. The fraction of sp³-hybridized carbons (Fsp3) is 0.0714. The Morgan fingerprint density at radius 2 is 1.67 bits per heavy atom. The largest absolute Gasteiger partial charge is 0.192 e. The maximum absolute atomic E-state index is 9.01. The van der Waals surface area contributed by atoms with Crippen molar-refractivity contribution in [2.75, 3.05) is 0 Å². The Morgan fingerprint density at radius 3 is 2.33 bits per heavy atom. The molecular weight excluding hydrogens is 285 g/mol. The third-order valence-corrected chi connectivity index (χ3v) is 4.25. The molecule has 0 amide bonds. The molecule has 0 fully saturated rings. The highest BCUT2D eigenvalue weighted by Crippen LogP contribution is 2.32. The smallest absolute Gasteiger partial charge is 0.100 e. The molecule has 0 aliphatic carbocycles. The van der Waals surface area contributed by atoms with Crippen molar-refractivity contribution in [1.82, 2.24) is 0 Å². The van der Waals surface area contributed by atoms with E-state index in [0.29, 0.717) is 21.4 Å². The molecule has 0 N–H and O–H groups in total. The number of nitrogens with zero attached hydrogens (tertiary/aromatic N) is 1. The lowest BCUT2D eigenvalue weighted by Crippen LogP contribution is -1.86. The van der Waals surface area contributed by atoms with Crippen LogP contribution in [0.4, 0.5) is 0 Å². The zero-order valence-electron chi connectivity index (χ0n) is 9.36. The van der Waals surface area contributed by atoms with Crippen LogP contribution in [0.2, 0.25) is 10.0 Å². The summed E-state index contributed by atoms with van der Waals surface area (Å²) in [4.78, 5) is 0.941. The predicted molar refractivity (Wildman–Crippen MR) is 77.2 cm³/mol. The van der Waals surface area contributed by atoms with Crippen LogP contribution in [0.25, 0.3) is 0 Å². The van der Waals surface area contributed by atoms with Crippen LogP contribution in [0.5, 0.6) is 0 Å². The summed E-state index contributed by atoms with van der Waals surface area (Å²) < 4.78 is 0. The summed E-state index contributed by atoms with van der Waals surface area (Å²) in [6.45, 7) is 0. The first kappa shape index (κ1) is 13.3. The molecule has 0 atom stereocenters. The quantitative estimate of drug-likeness (QED) is 0.730. The van der Waals surface area contributed by atoms with E-state index in [0.717, 1.165) is 10.5 Å². The van der Waals surface area contributed by atoms with Gasteiger partial charge in [0.1, 0.15) is 6.07 Å². The van der Waals surface area contributed by atoms with Crippen LogP contribution in [0.3, 0.4) is 0 Å². The summed E-state index contributed by atoms with van der Waals surface area (Å²) in [6.07, 6.45) is 0. The summed E-state index contributed by atoms with van der Waals surface area (Å²) in [5, 5.41) is 10.3. The molecule has 0 aliphatic rings. The van der Waals surface area contributed by atoms with Gasteiger partial charge in [-0.3, -0.25) is 0 Å². The van der Waals surface area contributed by atoms with E-state index in [1.54, 1.807) is 17.8 Å². The van der Waals surface area contributed by atoms with E-state index in [9.17, 15) is 0 Å². The molecule has 0 unspecified atom stereocenters. The minimum absolute atomic E-state index is 0.650. The highest BCUT2D eigenvalue weighted by molar-refractivity contribution is 7.98. The number of nitriles is 1. The molecule has 0 heterocycles. The van der Waals surface area contributed by atoms with Crippen molar-refractivity contribution in [3.8, 4) is 6.07 Å². The standard InChI is InChI=1S/C14H9Cl2NS/c15-12-5-3-6-13(16)11(12)9-18-14-7-2-1-4-10(14)8-17/h1-7H,9H2. The Balaban J connectivity index is 2.20. The summed E-state index contributed by atoms with van der Waals surface area (Å²) >= 11 is 13.8. The maximum Gasteiger partial charge on any atom is 0.100 e. The van der Waals surface area contributed by atoms with Gasteiger partial charge in [0.15, 0.2) is 0 Å². The third-order valence-electron chi connectivity index (χ3n) is 2.44. The highest BCUT2D eigenvalue weighted by Gasteiger charge is 2.07. The van der Waals surface area contributed by atoms with Gasteiger partial charge in [-0.2, -0.15) is 5.26 Å². The van der Waals surface area contributed by atoms with Crippen molar-refractivity contribution in [2.24, 2.45) is 0 Å². The number of thioether (sulfide) groups is 1. The van der Waals surface area contributed by atoms with Crippen LogP contribution in [-0.2, 0) is 5.75 Å². The molecule has 0 saturated carbocycles. The molecule has 0 aromatic heterocycles. The topological polar surface area (TPSA) is 23.8 Å². The number of benzene rings is 2. The molecule has 2 aromatic carbocycles. The second-order valence-corrected chi connectivity index (χ2v) is 5.43. The number of hydrogen-bond donors (Lipinski definition) is 0. The molecule has 18 heavy (non-hydrogen) atoms. The van der Waals surface area contributed by atoms with E-state index in [1.807, 2.05) is 36.4 Å². The third kappa shape index (κ3) is 3.00. The first-order chi connectivity index (χ1) is 8.72. The molecule has 4 heteroatoms. The van der Waals surface area contributed by atoms with Gasteiger partial charge >= 0.3 is 0 Å². The molecule has 0 spiro atoms. The van der Waals surface area contributed by atoms with Gasteiger partial charge in [-0.15, -0.1) is 11.8 Å². The van der Waals surface area contributed by atoms with Crippen LogP contribution >= 0.6 is 35.0 Å². The monoisotopic (exact) mass is 293 g/mol. The Labute approximate surface area is 120 Å². The number of hydrogen-bond acceptors (Lipinski definition) is 2. The number of rotatable bonds is 3. The van der Waals surface area contributed by atoms with E-state index in [2.05, 4.69) is 6.07 Å². The fourth-order valence-corrected chi connectivity index (χ4v) is 3.25. The van der Waals surface area contributed by atoms with E-state index in [1.165, 1.54) is 0 Å². The zero-order valence-corrected chi connectivity index (χ0v) is 11.7. The fourth-order valence-electron chi connectivity index (χ4n) is 1.51. The second-order valence-electron chi connectivity index (χ2n) is 3.60. The van der Waals surface area contributed by atoms with Crippen molar-refractivity contribution >= 4 is 35.0 Å². The minimum Gasteiger partial charge on any atom is -0.192 e. The van der Waals surface area contributed by atoms with E-state index >= 15 is 0 Å². The van der Waals surface area contributed by atoms with Gasteiger partial charge in [-0.25, -0.2) is 0 Å². The summed E-state index contributed by atoms with van der Waals surface area (Å²) in [6, 6.07) is 15.1. The lowest BCUT2D eigenvalue weighted by atomic mass is 10.2. The van der Waals surface area contributed by atoms with Gasteiger partial charge in [-0.1, -0.05) is 41.4 Å². The lowest BCUT2D eigenvalue weighted by molar-refractivity contribution is 1.34. The van der Waals surface area contributed by atoms with Crippen LogP contribution < -0.4 is 0 Å². The lowest BCUT2D eigenvalue weighted by Gasteiger charge is -2.07. The van der Waals surface area contributed by atoms with E-state index in [-0.39, 0.29) is 0 Å². The Kier molecular flexibility index (Phi) is 4.54. The van der Waals surface area contributed by atoms with Gasteiger partial charge in [0.25, 0.3) is 0 Å². The molecule has 2 rings (SSSR count). The van der Waals surface area contributed by atoms with Gasteiger partial charge in [0, 0.05) is 20.7 Å². The molecule has 0 saturated heterocycles. The van der Waals surface area contributed by atoms with Gasteiger partial charge < -0.3 is 0 Å². The molecular formula is C14H9Cl2NS. The minimum atomic E-state index is 0.650. The average molecular weight is 294 g/mol. The van der Waals surface area contributed by atoms with E-state index in [4.69, 9.17) is 28.5 Å². The highest BCUT2D eigenvalue weighted by atomic mass is 35.5. The van der Waals surface area contributed by atoms with Crippen molar-refractivity contribution in [3.63, 3.8) is 0 Å². The van der Waals surface area contributed by atoms with Crippen molar-refractivity contribution < 1.29 is 0 Å². The Bertz CT molecular complexity index is 585.